The molecule has 2 nitrogen and oxygen atoms in total. The van der Waals surface area contributed by atoms with Gasteiger partial charge in [-0.1, -0.05) is 13.2 Å². The molecule has 0 amide bonds. The molecule has 0 aromatic carbocycles. The molecule has 1 saturated heterocycles. The Morgan fingerprint density at radius 2 is 1.29 bits per heavy atom. The van der Waals surface area contributed by atoms with Crippen LogP contribution in [0.5, 0.6) is 0 Å². The maximum absolute atomic E-state index is 11.9. The molecule has 1 aliphatic rings. The number of likely N-dealkylation sites (N-methyl/N-ethyl adjacent to an activating group) is 1. The van der Waals surface area contributed by atoms with E-state index in [2.05, 4.69) is 18.1 Å². The molecule has 0 aromatic heterocycles. The molecule has 0 saturated carbocycles. The average Bonchev–Trinajstić information content (AvgIpc) is 2.11. The standard InChI is InChI=1S/C12H19NO/c1-8-10(14)9(2)12(5,6)13(7)11(8,3)4/h1-2H2,3-7H3. The Labute approximate surface area is 86.3 Å². The number of carbonyl (C=O) groups excluding carboxylic acids is 1. The lowest BCUT2D eigenvalue weighted by Gasteiger charge is -2.52. The topological polar surface area (TPSA) is 20.3 Å². The molecule has 0 spiro atoms. The van der Waals surface area contributed by atoms with Crippen molar-refractivity contribution in [3.05, 3.63) is 24.3 Å². The molecular formula is C12H19NO. The van der Waals surface area contributed by atoms with Crippen LogP contribution in [0.2, 0.25) is 0 Å². The van der Waals surface area contributed by atoms with Crippen LogP contribution in [0.1, 0.15) is 27.7 Å². The van der Waals surface area contributed by atoms with Gasteiger partial charge in [-0.05, 0) is 34.7 Å². The van der Waals surface area contributed by atoms with Crippen LogP contribution in [0.3, 0.4) is 0 Å². The van der Waals surface area contributed by atoms with Crippen molar-refractivity contribution in [3.63, 3.8) is 0 Å². The number of carbonyl (C=O) groups is 1. The van der Waals surface area contributed by atoms with Crippen molar-refractivity contribution in [1.82, 2.24) is 4.90 Å². The van der Waals surface area contributed by atoms with E-state index >= 15 is 0 Å². The van der Waals surface area contributed by atoms with Crippen LogP contribution in [0.25, 0.3) is 0 Å². The van der Waals surface area contributed by atoms with Crippen LogP contribution in [0.15, 0.2) is 24.3 Å². The van der Waals surface area contributed by atoms with Gasteiger partial charge < -0.3 is 0 Å². The lowest BCUT2D eigenvalue weighted by molar-refractivity contribution is -0.117. The quantitative estimate of drug-likeness (QED) is 0.549. The highest BCUT2D eigenvalue weighted by Gasteiger charge is 2.47. The van der Waals surface area contributed by atoms with Crippen LogP contribution in [0, 0.1) is 0 Å². The summed E-state index contributed by atoms with van der Waals surface area (Å²) in [6.07, 6.45) is 0. The third kappa shape index (κ3) is 1.17. The highest BCUT2D eigenvalue weighted by molar-refractivity contribution is 6.11. The third-order valence-corrected chi connectivity index (χ3v) is 3.70. The number of hydrogen-bond acceptors (Lipinski definition) is 2. The second kappa shape index (κ2) is 2.80. The van der Waals surface area contributed by atoms with Crippen LogP contribution in [0.4, 0.5) is 0 Å². The number of rotatable bonds is 0. The molecule has 0 atom stereocenters. The van der Waals surface area contributed by atoms with E-state index < -0.39 is 0 Å². The van der Waals surface area contributed by atoms with E-state index in [4.69, 9.17) is 0 Å². The maximum atomic E-state index is 11.9. The zero-order valence-electron chi connectivity index (χ0n) is 9.77. The maximum Gasteiger partial charge on any atom is 0.187 e. The number of likely N-dealkylation sites (tertiary alicyclic amines) is 1. The molecule has 1 heterocycles. The second-order valence-electron chi connectivity index (χ2n) is 4.96. The van der Waals surface area contributed by atoms with E-state index in [9.17, 15) is 4.79 Å². The van der Waals surface area contributed by atoms with Gasteiger partial charge in [-0.3, -0.25) is 9.69 Å². The predicted octanol–water partition coefficient (Wildman–Crippen LogP) is 2.17. The molecule has 0 N–H and O–H groups in total. The first-order chi connectivity index (χ1) is 6.13. The van der Waals surface area contributed by atoms with Crippen molar-refractivity contribution in [2.45, 2.75) is 38.8 Å². The highest BCUT2D eigenvalue weighted by Crippen LogP contribution is 2.39. The van der Waals surface area contributed by atoms with Crippen molar-refractivity contribution < 1.29 is 4.79 Å². The second-order valence-corrected chi connectivity index (χ2v) is 4.96. The van der Waals surface area contributed by atoms with Gasteiger partial charge in [-0.15, -0.1) is 0 Å². The SMILES string of the molecule is C=C1C(=O)C(=C)C(C)(C)N(C)C1(C)C. The van der Waals surface area contributed by atoms with Gasteiger partial charge in [-0.25, -0.2) is 0 Å². The molecule has 1 aliphatic heterocycles. The number of nitrogens with zero attached hydrogens (tertiary/aromatic N) is 1. The van der Waals surface area contributed by atoms with Gasteiger partial charge in [0.2, 0.25) is 0 Å². The van der Waals surface area contributed by atoms with Crippen molar-refractivity contribution >= 4 is 5.78 Å². The Bertz CT molecular complexity index is 293. The summed E-state index contributed by atoms with van der Waals surface area (Å²) >= 11 is 0. The normalized spacial score (nSPS) is 26.8. The lowest BCUT2D eigenvalue weighted by Crippen LogP contribution is -2.61. The van der Waals surface area contributed by atoms with Gasteiger partial charge in [0.05, 0.1) is 0 Å². The number of ketones is 1. The molecule has 78 valence electrons. The zero-order chi connectivity index (χ0) is 11.3. The predicted molar refractivity (Wildman–Crippen MR) is 59.2 cm³/mol. The zero-order valence-corrected chi connectivity index (χ0v) is 9.77. The Kier molecular flexibility index (Phi) is 2.24. The van der Waals surface area contributed by atoms with Gasteiger partial charge in [0, 0.05) is 22.2 Å². The van der Waals surface area contributed by atoms with Gasteiger partial charge in [0.1, 0.15) is 0 Å². The minimum Gasteiger partial charge on any atom is -0.289 e. The molecule has 0 radical (unpaired) electrons. The molecule has 0 bridgehead atoms. The summed E-state index contributed by atoms with van der Waals surface area (Å²) in [4.78, 5) is 14.0. The van der Waals surface area contributed by atoms with E-state index in [0.717, 1.165) is 0 Å². The fraction of sp³-hybridized carbons (Fsp3) is 0.583. The number of hydrogen-bond donors (Lipinski definition) is 0. The molecule has 0 unspecified atom stereocenters. The van der Waals surface area contributed by atoms with Crippen molar-refractivity contribution in [2.75, 3.05) is 7.05 Å². The van der Waals surface area contributed by atoms with Crippen molar-refractivity contribution in [3.8, 4) is 0 Å². The van der Waals surface area contributed by atoms with Gasteiger partial charge in [0.15, 0.2) is 5.78 Å². The molecular weight excluding hydrogens is 174 g/mol. The molecule has 0 aromatic rings. The largest absolute Gasteiger partial charge is 0.289 e. The molecule has 1 rings (SSSR count). The lowest BCUT2D eigenvalue weighted by atomic mass is 9.74. The smallest absolute Gasteiger partial charge is 0.187 e. The van der Waals surface area contributed by atoms with Crippen LogP contribution in [-0.2, 0) is 4.79 Å². The van der Waals surface area contributed by atoms with E-state index in [-0.39, 0.29) is 16.9 Å². The summed E-state index contributed by atoms with van der Waals surface area (Å²) in [6.45, 7) is 15.8. The summed E-state index contributed by atoms with van der Waals surface area (Å²) < 4.78 is 0. The summed E-state index contributed by atoms with van der Waals surface area (Å²) in [5.41, 5.74) is 0.678. The Morgan fingerprint density at radius 1 is 1.00 bits per heavy atom. The summed E-state index contributed by atoms with van der Waals surface area (Å²) in [5.74, 6) is 0.0121. The summed E-state index contributed by atoms with van der Waals surface area (Å²) in [7, 11) is 2.00. The van der Waals surface area contributed by atoms with Crippen LogP contribution < -0.4 is 0 Å². The molecule has 2 heteroatoms. The van der Waals surface area contributed by atoms with Crippen molar-refractivity contribution in [2.24, 2.45) is 0 Å². The fourth-order valence-corrected chi connectivity index (χ4v) is 1.84. The van der Waals surface area contributed by atoms with E-state index in [1.807, 2.05) is 34.7 Å². The highest BCUT2D eigenvalue weighted by atomic mass is 16.1. The first-order valence-electron chi connectivity index (χ1n) is 4.81. The van der Waals surface area contributed by atoms with E-state index in [0.29, 0.717) is 11.1 Å². The van der Waals surface area contributed by atoms with Crippen LogP contribution in [-0.4, -0.2) is 28.8 Å². The van der Waals surface area contributed by atoms with Crippen LogP contribution >= 0.6 is 0 Å². The Hall–Kier alpha value is -0.890. The number of piperidine rings is 1. The van der Waals surface area contributed by atoms with E-state index in [1.54, 1.807) is 0 Å². The first-order valence-corrected chi connectivity index (χ1v) is 4.81. The molecule has 0 aliphatic carbocycles. The summed E-state index contributed by atoms with van der Waals surface area (Å²) in [5, 5.41) is 0. The third-order valence-electron chi connectivity index (χ3n) is 3.70. The first kappa shape index (κ1) is 11.2. The monoisotopic (exact) mass is 193 g/mol. The van der Waals surface area contributed by atoms with Gasteiger partial charge in [0.25, 0.3) is 0 Å². The minimum atomic E-state index is -0.290. The van der Waals surface area contributed by atoms with Crippen molar-refractivity contribution in [1.29, 1.82) is 0 Å². The Morgan fingerprint density at radius 3 is 1.57 bits per heavy atom. The Balaban J connectivity index is 3.29. The minimum absolute atomic E-state index is 0.0121. The van der Waals surface area contributed by atoms with E-state index in [1.165, 1.54) is 0 Å². The average molecular weight is 193 g/mol. The van der Waals surface area contributed by atoms with Gasteiger partial charge >= 0.3 is 0 Å². The number of Topliss-reactive ketones (excluding diaryl/α,β-unsaturated/α-hetero) is 1. The van der Waals surface area contributed by atoms with Gasteiger partial charge in [-0.2, -0.15) is 0 Å². The fourth-order valence-electron chi connectivity index (χ4n) is 1.84. The molecule has 1 fully saturated rings. The molecule has 14 heavy (non-hydrogen) atoms. The summed E-state index contributed by atoms with van der Waals surface area (Å²) in [6, 6.07) is 0.